The van der Waals surface area contributed by atoms with Gasteiger partial charge in [0.25, 0.3) is 0 Å². The van der Waals surface area contributed by atoms with E-state index < -0.39 is 11.7 Å². The molecule has 0 amide bonds. The summed E-state index contributed by atoms with van der Waals surface area (Å²) in [6.07, 6.45) is 5.46. The number of halogens is 3. The van der Waals surface area contributed by atoms with E-state index >= 15 is 0 Å². The van der Waals surface area contributed by atoms with E-state index in [9.17, 15) is 18.0 Å². The Morgan fingerprint density at radius 1 is 1.31 bits per heavy atom. The van der Waals surface area contributed by atoms with Crippen LogP contribution in [0.25, 0.3) is 16.8 Å². The van der Waals surface area contributed by atoms with Gasteiger partial charge in [-0.3, -0.25) is 4.79 Å². The summed E-state index contributed by atoms with van der Waals surface area (Å²) in [4.78, 5) is 21.0. The average molecular weight is 501 g/mol. The predicted molar refractivity (Wildman–Crippen MR) is 133 cm³/mol. The minimum Gasteiger partial charge on any atom is -0.462 e. The second kappa shape index (κ2) is 10.7. The number of aromatic nitrogens is 3. The summed E-state index contributed by atoms with van der Waals surface area (Å²) < 4.78 is 48.9. The summed E-state index contributed by atoms with van der Waals surface area (Å²) in [6.45, 7) is 4.49. The van der Waals surface area contributed by atoms with E-state index in [-0.39, 0.29) is 24.4 Å². The van der Waals surface area contributed by atoms with Crippen LogP contribution < -0.4 is 5.32 Å². The van der Waals surface area contributed by atoms with Gasteiger partial charge in [-0.2, -0.15) is 13.2 Å². The molecule has 2 aromatic rings. The number of hydrogen-bond donors (Lipinski definition) is 1. The molecule has 1 aliphatic carbocycles. The highest BCUT2D eigenvalue weighted by molar-refractivity contribution is 5.84. The maximum Gasteiger partial charge on any atom is 0.413 e. The number of carbonyl (C=O) groups excluding carboxylic acids is 1. The topological polar surface area (TPSA) is 69.0 Å². The molecule has 1 fully saturated rings. The van der Waals surface area contributed by atoms with Crippen LogP contribution in [0.4, 0.5) is 19.0 Å². The number of allylic oxidation sites excluding steroid dienone is 6. The molecule has 0 aromatic carbocycles. The molecule has 1 saturated heterocycles. The first-order valence-corrected chi connectivity index (χ1v) is 12.3. The molecule has 1 N–H and O–H groups in total. The Bertz CT molecular complexity index is 1210. The van der Waals surface area contributed by atoms with Crippen molar-refractivity contribution < 1.29 is 22.7 Å². The van der Waals surface area contributed by atoms with Crippen LogP contribution in [0.3, 0.4) is 0 Å². The molecule has 2 aromatic heterocycles. The van der Waals surface area contributed by atoms with Gasteiger partial charge < -0.3 is 14.6 Å². The molecule has 0 saturated carbocycles. The Balaban J connectivity index is 1.87. The molecule has 1 aliphatic heterocycles. The lowest BCUT2D eigenvalue weighted by Gasteiger charge is -2.24. The van der Waals surface area contributed by atoms with Crippen molar-refractivity contribution in [2.75, 3.05) is 12.4 Å². The zero-order valence-electron chi connectivity index (χ0n) is 20.7. The number of nitrogens with one attached hydrogen (secondary N) is 1. The van der Waals surface area contributed by atoms with Crippen LogP contribution in [0.1, 0.15) is 63.4 Å². The van der Waals surface area contributed by atoms with Crippen molar-refractivity contribution in [2.45, 2.75) is 70.7 Å². The molecule has 6 nitrogen and oxygen atoms in total. The quantitative estimate of drug-likeness (QED) is 0.444. The fourth-order valence-corrected chi connectivity index (χ4v) is 4.61. The largest absolute Gasteiger partial charge is 0.462 e. The molecule has 9 heteroatoms. The molecule has 2 aliphatic rings. The first-order valence-electron chi connectivity index (χ1n) is 12.3. The van der Waals surface area contributed by atoms with Crippen molar-refractivity contribution in [3.05, 3.63) is 59.7 Å². The number of pyridine rings is 1. The number of alkyl halides is 3. The summed E-state index contributed by atoms with van der Waals surface area (Å²) >= 11 is 0. The Morgan fingerprint density at radius 2 is 2.11 bits per heavy atom. The fourth-order valence-electron chi connectivity index (χ4n) is 4.61. The molecule has 1 atom stereocenters. The lowest BCUT2D eigenvalue weighted by atomic mass is 10.0. The van der Waals surface area contributed by atoms with Gasteiger partial charge in [0.15, 0.2) is 0 Å². The van der Waals surface area contributed by atoms with E-state index in [2.05, 4.69) is 10.3 Å². The van der Waals surface area contributed by atoms with Crippen LogP contribution in [-0.2, 0) is 16.1 Å². The Labute approximate surface area is 209 Å². The van der Waals surface area contributed by atoms with Crippen molar-refractivity contribution in [3.8, 4) is 11.3 Å². The first kappa shape index (κ1) is 25.7. The lowest BCUT2D eigenvalue weighted by Crippen LogP contribution is -2.25. The van der Waals surface area contributed by atoms with Gasteiger partial charge in [-0.15, -0.1) is 0 Å². The smallest absolute Gasteiger partial charge is 0.413 e. The van der Waals surface area contributed by atoms with Gasteiger partial charge in [0, 0.05) is 55.3 Å². The molecule has 0 unspecified atom stereocenters. The number of ether oxygens (including phenoxy) is 1. The summed E-state index contributed by atoms with van der Waals surface area (Å²) in [5.74, 6) is 1.22. The number of esters is 1. The summed E-state index contributed by atoms with van der Waals surface area (Å²) in [5.41, 5.74) is 1.79. The van der Waals surface area contributed by atoms with E-state index in [1.165, 1.54) is 12.2 Å². The normalized spacial score (nSPS) is 18.5. The third-order valence-corrected chi connectivity index (χ3v) is 6.40. The Kier molecular flexibility index (Phi) is 7.66. The number of hydrogen-bond acceptors (Lipinski definition) is 5. The molecule has 36 heavy (non-hydrogen) atoms. The molecule has 0 spiro atoms. The van der Waals surface area contributed by atoms with Crippen molar-refractivity contribution in [3.63, 3.8) is 0 Å². The average Bonchev–Trinajstić information content (AvgIpc) is 3.04. The SMILES string of the molecule is CNc1cc(-c2nc(C(C)C)n(CC[C@@H]3CCCC(=O)O3)c2C2=CC=CCC(C(F)(F)F)=C2)ccn1. The maximum atomic E-state index is 13.8. The highest BCUT2D eigenvalue weighted by Gasteiger charge is 2.34. The number of imidazole rings is 1. The van der Waals surface area contributed by atoms with E-state index in [1.54, 1.807) is 25.4 Å². The van der Waals surface area contributed by atoms with Gasteiger partial charge in [-0.1, -0.05) is 32.1 Å². The predicted octanol–water partition coefficient (Wildman–Crippen LogP) is 6.43. The van der Waals surface area contributed by atoms with Crippen LogP contribution in [0.5, 0.6) is 0 Å². The fraction of sp³-hybridized carbons (Fsp3) is 0.444. The van der Waals surface area contributed by atoms with Crippen LogP contribution >= 0.6 is 0 Å². The molecule has 0 bridgehead atoms. The van der Waals surface area contributed by atoms with E-state index in [1.807, 2.05) is 30.5 Å². The standard InChI is InChI=1S/C27H31F3N4O2/c1-17(2)26-33-24(18-11-13-32-22(16-18)31-3)25(19-7-4-5-8-20(15-19)27(28,29)30)34(26)14-12-21-9-6-10-23(35)36-21/h4-5,7,11,13,15-17,21H,6,8-10,12,14H2,1-3H3,(H,31,32)/t21-/m0/s1. The second-order valence-corrected chi connectivity index (χ2v) is 9.37. The number of rotatable bonds is 7. The van der Waals surface area contributed by atoms with Gasteiger partial charge in [-0.25, -0.2) is 9.97 Å². The minimum absolute atomic E-state index is 0.0185. The number of cyclic esters (lactones) is 1. The minimum atomic E-state index is -4.44. The van der Waals surface area contributed by atoms with Crippen LogP contribution in [0.2, 0.25) is 0 Å². The van der Waals surface area contributed by atoms with E-state index in [0.717, 1.165) is 24.2 Å². The zero-order valence-corrected chi connectivity index (χ0v) is 20.7. The number of anilines is 1. The van der Waals surface area contributed by atoms with Gasteiger partial charge in [-0.05, 0) is 37.5 Å². The molecule has 3 heterocycles. The molecular formula is C27H31F3N4O2. The third-order valence-electron chi connectivity index (χ3n) is 6.40. The van der Waals surface area contributed by atoms with E-state index in [4.69, 9.17) is 9.72 Å². The molecule has 0 radical (unpaired) electrons. The highest BCUT2D eigenvalue weighted by atomic mass is 19.4. The van der Waals surface area contributed by atoms with Gasteiger partial charge in [0.05, 0.1) is 11.4 Å². The lowest BCUT2D eigenvalue weighted by molar-refractivity contribution is -0.154. The van der Waals surface area contributed by atoms with Gasteiger partial charge >= 0.3 is 12.1 Å². The third kappa shape index (κ3) is 5.71. The zero-order chi connectivity index (χ0) is 25.9. The van der Waals surface area contributed by atoms with E-state index in [0.29, 0.717) is 42.2 Å². The van der Waals surface area contributed by atoms with Gasteiger partial charge in [0.2, 0.25) is 0 Å². The first-order chi connectivity index (χ1) is 17.2. The van der Waals surface area contributed by atoms with Gasteiger partial charge in [0.1, 0.15) is 17.7 Å². The summed E-state index contributed by atoms with van der Waals surface area (Å²) in [5, 5.41) is 3.01. The summed E-state index contributed by atoms with van der Waals surface area (Å²) in [7, 11) is 1.76. The number of carbonyl (C=O) groups is 1. The second-order valence-electron chi connectivity index (χ2n) is 9.37. The van der Waals surface area contributed by atoms with Crippen LogP contribution in [0.15, 0.2) is 48.2 Å². The summed E-state index contributed by atoms with van der Waals surface area (Å²) in [6, 6.07) is 3.65. The Morgan fingerprint density at radius 3 is 2.81 bits per heavy atom. The molecule has 192 valence electrons. The Hall–Kier alpha value is -3.36. The van der Waals surface area contributed by atoms with Crippen molar-refractivity contribution >= 4 is 17.4 Å². The molecular weight excluding hydrogens is 469 g/mol. The monoisotopic (exact) mass is 500 g/mol. The van der Waals surface area contributed by atoms with Crippen LogP contribution in [0, 0.1) is 0 Å². The molecule has 4 rings (SSSR count). The highest BCUT2D eigenvalue weighted by Crippen LogP contribution is 2.38. The van der Waals surface area contributed by atoms with Crippen molar-refractivity contribution in [1.82, 2.24) is 14.5 Å². The number of nitrogens with zero attached hydrogens (tertiary/aromatic N) is 3. The maximum absolute atomic E-state index is 13.8. The van der Waals surface area contributed by atoms with Crippen molar-refractivity contribution in [2.24, 2.45) is 0 Å². The van der Waals surface area contributed by atoms with Crippen LogP contribution in [-0.4, -0.2) is 39.8 Å². The van der Waals surface area contributed by atoms with Crippen molar-refractivity contribution in [1.29, 1.82) is 0 Å².